The molecule has 2 aliphatic rings. The van der Waals surface area contributed by atoms with Crippen LogP contribution in [0, 0.1) is 11.7 Å². The van der Waals surface area contributed by atoms with Crippen LogP contribution in [0.15, 0.2) is 48.5 Å². The maximum absolute atomic E-state index is 13.8. The van der Waals surface area contributed by atoms with Crippen LogP contribution in [0.1, 0.15) is 32.3 Å². The number of carbonyl (C=O) groups excluding carboxylic acids is 1. The van der Waals surface area contributed by atoms with E-state index in [1.807, 2.05) is 35.2 Å². The number of amides is 1. The number of likely N-dealkylation sites (tertiary alicyclic amines) is 1. The largest absolute Gasteiger partial charge is 0.496 e. The van der Waals surface area contributed by atoms with Crippen molar-refractivity contribution in [1.82, 2.24) is 4.90 Å². The Morgan fingerprint density at radius 3 is 2.76 bits per heavy atom. The lowest BCUT2D eigenvalue weighted by molar-refractivity contribution is -0.132. The molecular weight excluding hydrogens is 367 g/mol. The van der Waals surface area contributed by atoms with Crippen LogP contribution in [0.2, 0.25) is 0 Å². The van der Waals surface area contributed by atoms with Gasteiger partial charge in [0.1, 0.15) is 11.6 Å². The average molecular weight is 397 g/mol. The van der Waals surface area contributed by atoms with Crippen molar-refractivity contribution in [2.45, 2.75) is 44.7 Å². The fourth-order valence-corrected chi connectivity index (χ4v) is 5.27. The summed E-state index contributed by atoms with van der Waals surface area (Å²) in [6.45, 7) is 5.93. The maximum atomic E-state index is 13.8. The molecule has 2 aromatic rings. The zero-order chi connectivity index (χ0) is 20.6. The first kappa shape index (κ1) is 19.7. The first-order valence-electron chi connectivity index (χ1n) is 10.3. The number of carbonyl (C=O) groups is 1. The van der Waals surface area contributed by atoms with E-state index in [4.69, 9.17) is 4.74 Å². The third kappa shape index (κ3) is 3.83. The van der Waals surface area contributed by atoms with E-state index in [0.717, 1.165) is 42.9 Å². The summed E-state index contributed by atoms with van der Waals surface area (Å²) < 4.78 is 19.2. The van der Waals surface area contributed by atoms with Gasteiger partial charge < -0.3 is 14.5 Å². The smallest absolute Gasteiger partial charge is 0.227 e. The fraction of sp³-hybridized carbons (Fsp3) is 0.458. The van der Waals surface area contributed by atoms with Crippen molar-refractivity contribution in [3.8, 4) is 5.75 Å². The highest BCUT2D eigenvalue weighted by atomic mass is 19.1. The Hall–Kier alpha value is -2.56. The molecule has 5 heteroatoms. The van der Waals surface area contributed by atoms with E-state index < -0.39 is 0 Å². The summed E-state index contributed by atoms with van der Waals surface area (Å²) in [6.07, 6.45) is 2.26. The van der Waals surface area contributed by atoms with E-state index in [0.29, 0.717) is 18.4 Å². The molecule has 2 atom stereocenters. The molecule has 0 bridgehead atoms. The Labute approximate surface area is 172 Å². The Balaban J connectivity index is 1.49. The van der Waals surface area contributed by atoms with E-state index in [2.05, 4.69) is 18.7 Å². The van der Waals surface area contributed by atoms with Crippen LogP contribution in [-0.4, -0.2) is 42.6 Å². The van der Waals surface area contributed by atoms with Gasteiger partial charge in [0.2, 0.25) is 5.91 Å². The summed E-state index contributed by atoms with van der Waals surface area (Å²) in [5.74, 6) is 1.10. The van der Waals surface area contributed by atoms with Gasteiger partial charge >= 0.3 is 0 Å². The summed E-state index contributed by atoms with van der Waals surface area (Å²) in [4.78, 5) is 17.4. The molecule has 0 unspecified atom stereocenters. The minimum absolute atomic E-state index is 0.0646. The van der Waals surface area contributed by atoms with Crippen molar-refractivity contribution in [3.05, 3.63) is 59.9 Å². The van der Waals surface area contributed by atoms with Gasteiger partial charge in [-0.2, -0.15) is 0 Å². The number of halogens is 1. The van der Waals surface area contributed by atoms with Crippen LogP contribution >= 0.6 is 0 Å². The first-order chi connectivity index (χ1) is 13.9. The highest BCUT2D eigenvalue weighted by molar-refractivity contribution is 5.79. The van der Waals surface area contributed by atoms with Gasteiger partial charge in [0.05, 0.1) is 13.5 Å². The topological polar surface area (TPSA) is 32.8 Å². The molecule has 4 rings (SSSR count). The molecule has 2 aliphatic heterocycles. The van der Waals surface area contributed by atoms with Gasteiger partial charge in [0.25, 0.3) is 0 Å². The number of hydrogen-bond donors (Lipinski definition) is 0. The quantitative estimate of drug-likeness (QED) is 0.773. The van der Waals surface area contributed by atoms with Crippen molar-refractivity contribution in [1.29, 1.82) is 0 Å². The first-order valence-corrected chi connectivity index (χ1v) is 10.3. The Morgan fingerprint density at radius 2 is 2.00 bits per heavy atom. The predicted octanol–water partition coefficient (Wildman–Crippen LogP) is 4.28. The summed E-state index contributed by atoms with van der Waals surface area (Å²) in [6, 6.07) is 14.9. The molecule has 2 fully saturated rings. The molecule has 0 N–H and O–H groups in total. The SMILES string of the molecule is COc1ccccc1CC(=O)N1CC[C@H]2[C@@H](C1)CC(C)(C)N2c1cccc(F)c1. The number of anilines is 1. The molecule has 0 spiro atoms. The summed E-state index contributed by atoms with van der Waals surface area (Å²) >= 11 is 0. The molecule has 29 heavy (non-hydrogen) atoms. The van der Waals surface area contributed by atoms with Crippen LogP contribution in [0.4, 0.5) is 10.1 Å². The van der Waals surface area contributed by atoms with Gasteiger partial charge in [-0.25, -0.2) is 4.39 Å². The zero-order valence-electron chi connectivity index (χ0n) is 17.4. The lowest BCUT2D eigenvalue weighted by Crippen LogP contribution is -2.50. The van der Waals surface area contributed by atoms with E-state index in [9.17, 15) is 9.18 Å². The molecule has 4 nitrogen and oxygen atoms in total. The van der Waals surface area contributed by atoms with Gasteiger partial charge in [-0.1, -0.05) is 24.3 Å². The van der Waals surface area contributed by atoms with Gasteiger partial charge in [-0.15, -0.1) is 0 Å². The van der Waals surface area contributed by atoms with Crippen molar-refractivity contribution >= 4 is 11.6 Å². The normalized spacial score (nSPS) is 23.0. The molecule has 0 radical (unpaired) electrons. The van der Waals surface area contributed by atoms with Crippen molar-refractivity contribution < 1.29 is 13.9 Å². The van der Waals surface area contributed by atoms with Gasteiger partial charge in [0.15, 0.2) is 0 Å². The lowest BCUT2D eigenvalue weighted by atomic mass is 9.89. The van der Waals surface area contributed by atoms with Crippen molar-refractivity contribution in [3.63, 3.8) is 0 Å². The van der Waals surface area contributed by atoms with Crippen LogP contribution < -0.4 is 9.64 Å². The van der Waals surface area contributed by atoms with E-state index in [1.165, 1.54) is 6.07 Å². The summed E-state index contributed by atoms with van der Waals surface area (Å²) in [7, 11) is 1.64. The average Bonchev–Trinajstić information content (AvgIpc) is 2.97. The Kier molecular flexibility index (Phi) is 5.24. The number of methoxy groups -OCH3 is 1. The minimum Gasteiger partial charge on any atom is -0.496 e. The van der Waals surface area contributed by atoms with Crippen molar-refractivity contribution in [2.75, 3.05) is 25.1 Å². The van der Waals surface area contributed by atoms with E-state index in [-0.39, 0.29) is 17.3 Å². The number of fused-ring (bicyclic) bond motifs is 1. The molecule has 1 amide bonds. The molecule has 2 heterocycles. The molecule has 0 aromatic heterocycles. The summed E-state index contributed by atoms with van der Waals surface area (Å²) in [5.41, 5.74) is 1.80. The molecule has 2 aromatic carbocycles. The van der Waals surface area contributed by atoms with Crippen LogP contribution in [0.5, 0.6) is 5.75 Å². The van der Waals surface area contributed by atoms with E-state index >= 15 is 0 Å². The number of nitrogens with zero attached hydrogens (tertiary/aromatic N) is 2. The Morgan fingerprint density at radius 1 is 1.21 bits per heavy atom. The molecule has 2 saturated heterocycles. The van der Waals surface area contributed by atoms with E-state index in [1.54, 1.807) is 19.2 Å². The molecule has 0 aliphatic carbocycles. The second kappa shape index (κ2) is 7.69. The molecular formula is C24H29FN2O2. The fourth-order valence-electron chi connectivity index (χ4n) is 5.27. The molecule has 154 valence electrons. The van der Waals surface area contributed by atoms with Gasteiger partial charge in [-0.05, 0) is 56.9 Å². The van der Waals surface area contributed by atoms with Crippen LogP contribution in [0.3, 0.4) is 0 Å². The zero-order valence-corrected chi connectivity index (χ0v) is 17.4. The number of hydrogen-bond acceptors (Lipinski definition) is 3. The molecule has 0 saturated carbocycles. The van der Waals surface area contributed by atoms with Crippen LogP contribution in [0.25, 0.3) is 0 Å². The Bertz CT molecular complexity index is 898. The highest BCUT2D eigenvalue weighted by Gasteiger charge is 2.48. The maximum Gasteiger partial charge on any atom is 0.227 e. The number of para-hydroxylation sites is 1. The third-order valence-electron chi connectivity index (χ3n) is 6.41. The van der Waals surface area contributed by atoms with Gasteiger partial charge in [0, 0.05) is 35.9 Å². The minimum atomic E-state index is -0.203. The second-order valence-corrected chi connectivity index (χ2v) is 8.81. The monoisotopic (exact) mass is 396 g/mol. The van der Waals surface area contributed by atoms with Crippen LogP contribution in [-0.2, 0) is 11.2 Å². The number of piperidine rings is 1. The second-order valence-electron chi connectivity index (χ2n) is 8.81. The highest BCUT2D eigenvalue weighted by Crippen LogP contribution is 2.44. The third-order valence-corrected chi connectivity index (χ3v) is 6.41. The predicted molar refractivity (Wildman–Crippen MR) is 113 cm³/mol. The standard InChI is InChI=1S/C24H29FN2O2/c1-24(2)15-18-16-26(23(28)13-17-7-4-5-10-22(17)29-3)12-11-21(18)27(24)20-9-6-8-19(25)14-20/h4-10,14,18,21H,11-13,15-16H2,1-3H3/t18-,21+/m1/s1. The van der Waals surface area contributed by atoms with Crippen molar-refractivity contribution in [2.24, 2.45) is 5.92 Å². The lowest BCUT2D eigenvalue weighted by Gasteiger charge is -2.42. The number of rotatable bonds is 4. The summed E-state index contributed by atoms with van der Waals surface area (Å²) in [5, 5.41) is 0. The number of benzene rings is 2. The van der Waals surface area contributed by atoms with Gasteiger partial charge in [-0.3, -0.25) is 4.79 Å². The number of ether oxygens (including phenoxy) is 1.